The van der Waals surface area contributed by atoms with Crippen molar-refractivity contribution in [3.8, 4) is 0 Å². The zero-order valence-corrected chi connectivity index (χ0v) is 13.4. The maximum Gasteiger partial charge on any atom is 0.124 e. The van der Waals surface area contributed by atoms with Gasteiger partial charge in [-0.05, 0) is 54.0 Å². The Morgan fingerprint density at radius 1 is 0.895 bits per heavy atom. The van der Waals surface area contributed by atoms with Gasteiger partial charge in [-0.2, -0.15) is 0 Å². The largest absolute Gasteiger partial charge is 0.744 e. The van der Waals surface area contributed by atoms with Crippen LogP contribution in [0.4, 0.5) is 0 Å². The van der Waals surface area contributed by atoms with E-state index in [1.54, 1.807) is 6.07 Å². The van der Waals surface area contributed by atoms with Crippen LogP contribution >= 0.6 is 0 Å². The van der Waals surface area contributed by atoms with Crippen molar-refractivity contribution in [2.45, 2.75) is 58.3 Å². The first-order valence-corrected chi connectivity index (χ1v) is 7.93. The number of aryl methyl sites for hydroxylation is 1. The Labute approximate surface area is 116 Å². The molecule has 0 aliphatic rings. The van der Waals surface area contributed by atoms with Crippen LogP contribution in [0.3, 0.4) is 0 Å². The lowest BCUT2D eigenvalue weighted by Gasteiger charge is -2.21. The highest BCUT2D eigenvalue weighted by Crippen LogP contribution is 2.28. The highest BCUT2D eigenvalue weighted by molar-refractivity contribution is 7.85. The van der Waals surface area contributed by atoms with Crippen LogP contribution in [0.15, 0.2) is 11.0 Å². The van der Waals surface area contributed by atoms with Gasteiger partial charge >= 0.3 is 0 Å². The second-order valence-corrected chi connectivity index (χ2v) is 5.69. The molecule has 0 aliphatic heterocycles. The molecule has 0 spiro atoms. The smallest absolute Gasteiger partial charge is 0.124 e. The van der Waals surface area contributed by atoms with Gasteiger partial charge in [-0.25, -0.2) is 8.42 Å². The second-order valence-electron chi connectivity index (χ2n) is 4.34. The SMILES string of the molecule is CCc1cc(S(=O)(=O)[O-])c(CC)c(CC)c1CC.[NH4+]. The molecule has 1 aromatic carbocycles. The lowest BCUT2D eigenvalue weighted by Crippen LogP contribution is -2.11. The predicted molar refractivity (Wildman–Crippen MR) is 77.9 cm³/mol. The Bertz CT molecular complexity index is 536. The molecule has 0 radical (unpaired) electrons. The molecule has 0 aromatic heterocycles. The van der Waals surface area contributed by atoms with E-state index in [1.807, 2.05) is 20.8 Å². The zero-order chi connectivity index (χ0) is 13.9. The van der Waals surface area contributed by atoms with E-state index in [1.165, 1.54) is 5.56 Å². The lowest BCUT2D eigenvalue weighted by molar-refractivity contribution is 0.461. The second kappa shape index (κ2) is 7.03. The van der Waals surface area contributed by atoms with E-state index in [0.29, 0.717) is 12.0 Å². The normalized spacial score (nSPS) is 11.2. The summed E-state index contributed by atoms with van der Waals surface area (Å²) >= 11 is 0. The zero-order valence-electron chi connectivity index (χ0n) is 12.5. The van der Waals surface area contributed by atoms with Crippen molar-refractivity contribution in [1.29, 1.82) is 0 Å². The molecule has 0 atom stereocenters. The molecule has 0 aliphatic carbocycles. The number of rotatable bonds is 5. The number of hydrogen-bond acceptors (Lipinski definition) is 3. The minimum Gasteiger partial charge on any atom is -0.744 e. The van der Waals surface area contributed by atoms with E-state index in [4.69, 9.17) is 0 Å². The van der Waals surface area contributed by atoms with E-state index in [-0.39, 0.29) is 11.0 Å². The van der Waals surface area contributed by atoms with Gasteiger partial charge in [-0.15, -0.1) is 0 Å². The number of hydrogen-bond donors (Lipinski definition) is 1. The molecule has 0 amide bonds. The lowest BCUT2D eigenvalue weighted by atomic mass is 9.90. The molecule has 4 N–H and O–H groups in total. The minimum atomic E-state index is -4.39. The highest BCUT2D eigenvalue weighted by Gasteiger charge is 2.17. The summed E-state index contributed by atoms with van der Waals surface area (Å²) in [5.74, 6) is 0. The molecule has 0 saturated carbocycles. The van der Waals surface area contributed by atoms with Gasteiger partial charge in [-0.3, -0.25) is 0 Å². The van der Waals surface area contributed by atoms with Crippen LogP contribution in [0.25, 0.3) is 0 Å². The van der Waals surface area contributed by atoms with Crippen molar-refractivity contribution < 1.29 is 13.0 Å². The monoisotopic (exact) mass is 287 g/mol. The third kappa shape index (κ3) is 3.55. The van der Waals surface area contributed by atoms with E-state index in [9.17, 15) is 13.0 Å². The minimum absolute atomic E-state index is 0. The van der Waals surface area contributed by atoms with Crippen molar-refractivity contribution >= 4 is 10.1 Å². The molecule has 0 unspecified atom stereocenters. The molecule has 110 valence electrons. The third-order valence-electron chi connectivity index (χ3n) is 3.43. The Balaban J connectivity index is 0.00000324. The summed E-state index contributed by atoms with van der Waals surface area (Å²) in [5, 5.41) is 0. The fourth-order valence-corrected chi connectivity index (χ4v) is 3.51. The van der Waals surface area contributed by atoms with Gasteiger partial charge in [0.2, 0.25) is 0 Å². The summed E-state index contributed by atoms with van der Waals surface area (Å²) in [5.41, 5.74) is 3.96. The van der Waals surface area contributed by atoms with Crippen LogP contribution in [-0.2, 0) is 35.8 Å². The van der Waals surface area contributed by atoms with Crippen molar-refractivity contribution in [3.63, 3.8) is 0 Å². The summed E-state index contributed by atoms with van der Waals surface area (Å²) in [4.78, 5) is -0.0177. The topological polar surface area (TPSA) is 93.7 Å². The molecule has 0 heterocycles. The Hall–Kier alpha value is -0.910. The van der Waals surface area contributed by atoms with E-state index in [2.05, 4.69) is 6.92 Å². The summed E-state index contributed by atoms with van der Waals surface area (Å²) in [7, 11) is -4.39. The first-order valence-electron chi connectivity index (χ1n) is 6.52. The van der Waals surface area contributed by atoms with E-state index in [0.717, 1.165) is 30.4 Å². The quantitative estimate of drug-likeness (QED) is 0.842. The van der Waals surface area contributed by atoms with E-state index < -0.39 is 10.1 Å². The maximum absolute atomic E-state index is 11.4. The van der Waals surface area contributed by atoms with Gasteiger partial charge in [0.1, 0.15) is 10.1 Å². The van der Waals surface area contributed by atoms with Crippen molar-refractivity contribution in [2.75, 3.05) is 0 Å². The van der Waals surface area contributed by atoms with Crippen molar-refractivity contribution in [3.05, 3.63) is 28.3 Å². The first-order chi connectivity index (χ1) is 8.40. The molecule has 0 bridgehead atoms. The highest BCUT2D eigenvalue weighted by atomic mass is 32.2. The summed E-state index contributed by atoms with van der Waals surface area (Å²) in [6.07, 6.45) is 2.97. The summed E-state index contributed by atoms with van der Waals surface area (Å²) in [6.45, 7) is 7.96. The standard InChI is InChI=1S/C14H22O3S.H3N/c1-5-10-9-14(18(15,16)17)13(8-4)12(7-3)11(10)6-2;/h9H,5-8H2,1-4H3,(H,15,16,17);1H3. The number of benzene rings is 1. The maximum atomic E-state index is 11.4. The molecule has 0 fully saturated rings. The van der Waals surface area contributed by atoms with Gasteiger partial charge < -0.3 is 10.7 Å². The van der Waals surface area contributed by atoms with Gasteiger partial charge in [0.05, 0.1) is 4.90 Å². The average Bonchev–Trinajstić information content (AvgIpc) is 2.34. The fraction of sp³-hybridized carbons (Fsp3) is 0.571. The molecule has 1 rings (SSSR count). The van der Waals surface area contributed by atoms with Crippen LogP contribution in [0.2, 0.25) is 0 Å². The number of quaternary nitrogens is 1. The first kappa shape index (κ1) is 18.1. The van der Waals surface area contributed by atoms with Crippen molar-refractivity contribution in [2.24, 2.45) is 0 Å². The van der Waals surface area contributed by atoms with Gasteiger partial charge in [-0.1, -0.05) is 27.7 Å². The van der Waals surface area contributed by atoms with Crippen LogP contribution in [-0.4, -0.2) is 13.0 Å². The van der Waals surface area contributed by atoms with Gasteiger partial charge in [0.25, 0.3) is 0 Å². The molecule has 1 aromatic rings. The Kier molecular flexibility index (Phi) is 6.69. The fourth-order valence-electron chi connectivity index (χ4n) is 2.65. The van der Waals surface area contributed by atoms with Crippen LogP contribution in [0, 0.1) is 0 Å². The van der Waals surface area contributed by atoms with Gasteiger partial charge in [0, 0.05) is 0 Å². The summed E-state index contributed by atoms with van der Waals surface area (Å²) < 4.78 is 34.2. The molecule has 4 nitrogen and oxygen atoms in total. The molecular formula is C14H25NO3S. The molecular weight excluding hydrogens is 262 g/mol. The predicted octanol–water partition coefficient (Wildman–Crippen LogP) is 3.22. The molecule has 19 heavy (non-hydrogen) atoms. The van der Waals surface area contributed by atoms with Crippen LogP contribution in [0.5, 0.6) is 0 Å². The molecule has 0 saturated heterocycles. The Morgan fingerprint density at radius 3 is 1.68 bits per heavy atom. The summed E-state index contributed by atoms with van der Waals surface area (Å²) in [6, 6.07) is 1.58. The van der Waals surface area contributed by atoms with Crippen molar-refractivity contribution in [1.82, 2.24) is 6.15 Å². The molecule has 5 heteroatoms. The third-order valence-corrected chi connectivity index (χ3v) is 4.33. The van der Waals surface area contributed by atoms with Crippen LogP contribution in [0.1, 0.15) is 49.9 Å². The average molecular weight is 287 g/mol. The van der Waals surface area contributed by atoms with E-state index >= 15 is 0 Å². The Morgan fingerprint density at radius 2 is 1.37 bits per heavy atom. The van der Waals surface area contributed by atoms with Crippen LogP contribution < -0.4 is 6.15 Å². The van der Waals surface area contributed by atoms with Gasteiger partial charge in [0.15, 0.2) is 0 Å².